The highest BCUT2D eigenvalue weighted by atomic mass is 16.5. The predicted octanol–water partition coefficient (Wildman–Crippen LogP) is 5.03. The van der Waals surface area contributed by atoms with Crippen LogP contribution >= 0.6 is 0 Å². The maximum Gasteiger partial charge on any atom is 0.246 e. The summed E-state index contributed by atoms with van der Waals surface area (Å²) >= 11 is 0. The minimum Gasteiger partial charge on any atom is -0.489 e. The van der Waals surface area contributed by atoms with Crippen molar-refractivity contribution < 1.29 is 9.53 Å². The van der Waals surface area contributed by atoms with Crippen molar-refractivity contribution in [1.82, 2.24) is 19.7 Å². The van der Waals surface area contributed by atoms with Crippen molar-refractivity contribution in [2.24, 2.45) is 0 Å². The van der Waals surface area contributed by atoms with Gasteiger partial charge in [-0.05, 0) is 54.8 Å². The highest BCUT2D eigenvalue weighted by Gasteiger charge is 2.26. The smallest absolute Gasteiger partial charge is 0.246 e. The first kappa shape index (κ1) is 20.9. The van der Waals surface area contributed by atoms with Crippen molar-refractivity contribution in [1.29, 1.82) is 0 Å². The van der Waals surface area contributed by atoms with Crippen LogP contribution < -0.4 is 4.74 Å². The molecule has 6 nitrogen and oxygen atoms in total. The van der Waals surface area contributed by atoms with Gasteiger partial charge in [-0.3, -0.25) is 14.5 Å². The van der Waals surface area contributed by atoms with Crippen molar-refractivity contribution in [2.45, 2.75) is 25.5 Å². The van der Waals surface area contributed by atoms with Gasteiger partial charge in [-0.25, -0.2) is 0 Å². The van der Waals surface area contributed by atoms with Gasteiger partial charge in [0.15, 0.2) is 0 Å². The molecule has 1 amide bonds. The van der Waals surface area contributed by atoms with Crippen molar-refractivity contribution in [3.8, 4) is 17.0 Å². The Labute approximate surface area is 193 Å². The molecule has 0 radical (unpaired) electrons. The van der Waals surface area contributed by atoms with Crippen molar-refractivity contribution in [2.75, 3.05) is 13.1 Å². The number of rotatable bonds is 6. The molecule has 0 bridgehead atoms. The summed E-state index contributed by atoms with van der Waals surface area (Å²) in [5.41, 5.74) is 4.06. The Hall–Kier alpha value is -3.93. The zero-order valence-electron chi connectivity index (χ0n) is 18.4. The van der Waals surface area contributed by atoms with E-state index in [1.807, 2.05) is 59.6 Å². The van der Waals surface area contributed by atoms with E-state index in [9.17, 15) is 4.79 Å². The van der Waals surface area contributed by atoms with Crippen molar-refractivity contribution >= 4 is 16.8 Å². The van der Waals surface area contributed by atoms with Crippen molar-refractivity contribution in [3.05, 3.63) is 91.3 Å². The number of nitrogens with zero attached hydrogens (tertiary/aromatic N) is 4. The van der Waals surface area contributed by atoms with Crippen LogP contribution in [-0.2, 0) is 11.4 Å². The molecule has 5 rings (SSSR count). The third-order valence-electron chi connectivity index (χ3n) is 6.11. The number of benzene rings is 2. The number of hydrogen-bond donors (Lipinski definition) is 0. The van der Waals surface area contributed by atoms with Crippen LogP contribution in [0.3, 0.4) is 0 Å². The van der Waals surface area contributed by atoms with E-state index in [4.69, 9.17) is 9.84 Å². The van der Waals surface area contributed by atoms with E-state index >= 15 is 0 Å². The van der Waals surface area contributed by atoms with Gasteiger partial charge in [0.2, 0.25) is 5.91 Å². The van der Waals surface area contributed by atoms with Gasteiger partial charge >= 0.3 is 0 Å². The van der Waals surface area contributed by atoms with E-state index in [-0.39, 0.29) is 11.9 Å². The van der Waals surface area contributed by atoms with Crippen LogP contribution in [0.2, 0.25) is 0 Å². The van der Waals surface area contributed by atoms with Gasteiger partial charge in [-0.1, -0.05) is 36.9 Å². The lowest BCUT2D eigenvalue weighted by Gasteiger charge is -2.32. The van der Waals surface area contributed by atoms with E-state index < -0.39 is 0 Å². The molecule has 0 aliphatic carbocycles. The lowest BCUT2D eigenvalue weighted by molar-refractivity contribution is -0.127. The first-order valence-electron chi connectivity index (χ1n) is 11.2. The van der Waals surface area contributed by atoms with Crippen LogP contribution in [-0.4, -0.2) is 38.7 Å². The molecular weight excluding hydrogens is 412 g/mol. The number of hydrogen-bond acceptors (Lipinski definition) is 4. The average Bonchev–Trinajstić information content (AvgIpc) is 3.28. The standard InChI is InChI=1S/C27H26N4O2/c1-2-26(32)30-16-6-9-22(18-30)31-25-14-15-28-17-24(25)27(29-31)21-10-12-23(13-11-21)33-19-20-7-4-3-5-8-20/h2-5,7-8,10-15,17,22H,1,6,9,16,18-19H2. The van der Waals surface area contributed by atoms with Crippen LogP contribution in [0.1, 0.15) is 24.4 Å². The lowest BCUT2D eigenvalue weighted by atomic mass is 10.1. The van der Waals surface area contributed by atoms with E-state index in [0.29, 0.717) is 13.2 Å². The van der Waals surface area contributed by atoms with Crippen molar-refractivity contribution in [3.63, 3.8) is 0 Å². The first-order valence-corrected chi connectivity index (χ1v) is 11.2. The number of aromatic nitrogens is 3. The molecule has 2 aromatic carbocycles. The van der Waals surface area contributed by atoms with Crippen LogP contribution in [0, 0.1) is 0 Å². The molecule has 3 heterocycles. The summed E-state index contributed by atoms with van der Waals surface area (Å²) in [7, 11) is 0. The predicted molar refractivity (Wildman–Crippen MR) is 129 cm³/mol. The fourth-order valence-corrected chi connectivity index (χ4v) is 4.41. The maximum absolute atomic E-state index is 12.2. The summed E-state index contributed by atoms with van der Waals surface area (Å²) in [4.78, 5) is 18.4. The molecule has 1 aliphatic rings. The van der Waals surface area contributed by atoms with Crippen LogP contribution in [0.4, 0.5) is 0 Å². The molecule has 1 saturated heterocycles. The molecule has 2 aromatic heterocycles. The summed E-state index contributed by atoms with van der Waals surface area (Å²) in [6.07, 6.45) is 6.97. The van der Waals surface area contributed by atoms with Gasteiger partial charge in [0.05, 0.1) is 11.6 Å². The van der Waals surface area contributed by atoms with E-state index in [1.165, 1.54) is 6.08 Å². The van der Waals surface area contributed by atoms with Gasteiger partial charge in [0.25, 0.3) is 0 Å². The quantitative estimate of drug-likeness (QED) is 0.396. The molecule has 33 heavy (non-hydrogen) atoms. The molecule has 6 heteroatoms. The molecular formula is C27H26N4O2. The largest absolute Gasteiger partial charge is 0.489 e. The minimum atomic E-state index is -0.0239. The second-order valence-corrected chi connectivity index (χ2v) is 8.27. The molecule has 166 valence electrons. The third kappa shape index (κ3) is 4.37. The number of carbonyl (C=O) groups excluding carboxylic acids is 1. The summed E-state index contributed by atoms with van der Waals surface area (Å²) in [5, 5.41) is 6.00. The maximum atomic E-state index is 12.2. The number of fused-ring (bicyclic) bond motifs is 1. The number of carbonyl (C=O) groups is 1. The first-order chi connectivity index (χ1) is 16.2. The molecule has 4 aromatic rings. The minimum absolute atomic E-state index is 0.0239. The number of ether oxygens (including phenoxy) is 1. The van der Waals surface area contributed by atoms with Crippen LogP contribution in [0.25, 0.3) is 22.2 Å². The summed E-state index contributed by atoms with van der Waals surface area (Å²) < 4.78 is 8.00. The van der Waals surface area contributed by atoms with E-state index in [0.717, 1.165) is 52.9 Å². The molecule has 0 saturated carbocycles. The Bertz CT molecular complexity index is 1260. The Balaban J connectivity index is 1.41. The second kappa shape index (κ2) is 9.28. The zero-order valence-corrected chi connectivity index (χ0v) is 18.4. The fourth-order valence-electron chi connectivity index (χ4n) is 4.41. The normalized spacial score (nSPS) is 16.0. The third-order valence-corrected chi connectivity index (χ3v) is 6.11. The Morgan fingerprint density at radius 3 is 2.73 bits per heavy atom. The fraction of sp³-hybridized carbons (Fsp3) is 0.222. The van der Waals surface area contributed by atoms with Gasteiger partial charge < -0.3 is 9.64 Å². The highest BCUT2D eigenvalue weighted by molar-refractivity contribution is 5.93. The Morgan fingerprint density at radius 1 is 1.12 bits per heavy atom. The van der Waals surface area contributed by atoms with Gasteiger partial charge in [0, 0.05) is 36.4 Å². The molecule has 1 unspecified atom stereocenters. The monoisotopic (exact) mass is 438 g/mol. The lowest BCUT2D eigenvalue weighted by Crippen LogP contribution is -2.40. The van der Waals surface area contributed by atoms with Gasteiger partial charge in [0.1, 0.15) is 18.1 Å². The second-order valence-electron chi connectivity index (χ2n) is 8.27. The van der Waals surface area contributed by atoms with E-state index in [1.54, 1.807) is 6.20 Å². The summed E-state index contributed by atoms with van der Waals surface area (Å²) in [6, 6.07) is 20.3. The average molecular weight is 439 g/mol. The summed E-state index contributed by atoms with van der Waals surface area (Å²) in [5.74, 6) is 0.791. The number of piperidine rings is 1. The molecule has 0 N–H and O–H groups in total. The highest BCUT2D eigenvalue weighted by Crippen LogP contribution is 2.32. The Morgan fingerprint density at radius 2 is 1.94 bits per heavy atom. The Kier molecular flexibility index (Phi) is 5.89. The molecule has 1 atom stereocenters. The summed E-state index contributed by atoms with van der Waals surface area (Å²) in [6.45, 7) is 5.56. The molecule has 0 spiro atoms. The van der Waals surface area contributed by atoms with E-state index in [2.05, 4.69) is 28.4 Å². The van der Waals surface area contributed by atoms with Crippen LogP contribution in [0.15, 0.2) is 85.7 Å². The SMILES string of the molecule is C=CC(=O)N1CCCC(n2nc(-c3ccc(OCc4ccccc4)cc3)c3cnccc32)C1. The van der Waals surface area contributed by atoms with Gasteiger partial charge in [-0.2, -0.15) is 5.10 Å². The topological polar surface area (TPSA) is 60.2 Å². The zero-order chi connectivity index (χ0) is 22.6. The number of amides is 1. The van der Waals surface area contributed by atoms with Crippen LogP contribution in [0.5, 0.6) is 5.75 Å². The van der Waals surface area contributed by atoms with Gasteiger partial charge in [-0.15, -0.1) is 0 Å². The number of likely N-dealkylation sites (tertiary alicyclic amines) is 1. The number of pyridine rings is 1. The molecule has 1 fully saturated rings. The molecule has 1 aliphatic heterocycles.